The predicted octanol–water partition coefficient (Wildman–Crippen LogP) is -0.0235. The Labute approximate surface area is 68.9 Å². The van der Waals surface area contributed by atoms with Crippen molar-refractivity contribution in [1.29, 1.82) is 0 Å². The lowest BCUT2D eigenvalue weighted by molar-refractivity contribution is 0.0690. The number of nitrogens with zero attached hydrogens (tertiary/aromatic N) is 1. The quantitative estimate of drug-likeness (QED) is 0.551. The van der Waals surface area contributed by atoms with E-state index in [0.717, 1.165) is 13.0 Å². The van der Waals surface area contributed by atoms with Gasteiger partial charge in [-0.15, -0.1) is 0 Å². The largest absolute Gasteiger partial charge is 0.330 e. The zero-order chi connectivity index (χ0) is 8.10. The van der Waals surface area contributed by atoms with E-state index >= 15 is 0 Å². The fraction of sp³-hybridized carbons (Fsp3) is 1.00. The van der Waals surface area contributed by atoms with Crippen LogP contribution in [0.25, 0.3) is 0 Å². The second-order valence-corrected chi connectivity index (χ2v) is 3.12. The summed E-state index contributed by atoms with van der Waals surface area (Å²) in [5, 5.41) is 3.27. The second-order valence-electron chi connectivity index (χ2n) is 3.12. The van der Waals surface area contributed by atoms with E-state index in [9.17, 15) is 0 Å². The molecule has 0 radical (unpaired) electrons. The summed E-state index contributed by atoms with van der Waals surface area (Å²) in [6.07, 6.45) is 4.36. The first-order valence-electron chi connectivity index (χ1n) is 4.50. The topological polar surface area (TPSA) is 41.3 Å². The number of unbranched alkanes of at least 4 members (excludes halogenated alkanes) is 1. The van der Waals surface area contributed by atoms with Crippen molar-refractivity contribution in [2.45, 2.75) is 25.4 Å². The molecule has 1 aliphatic heterocycles. The highest BCUT2D eigenvalue weighted by atomic mass is 15.3. The molecule has 0 aromatic rings. The number of rotatable bonds is 5. The highest BCUT2D eigenvalue weighted by molar-refractivity contribution is 4.78. The van der Waals surface area contributed by atoms with Crippen molar-refractivity contribution in [3.63, 3.8) is 0 Å². The van der Waals surface area contributed by atoms with Gasteiger partial charge >= 0.3 is 0 Å². The Bertz CT molecular complexity index is 104. The highest BCUT2D eigenvalue weighted by Crippen LogP contribution is 2.14. The summed E-state index contributed by atoms with van der Waals surface area (Å²) in [7, 11) is 2.03. The normalized spacial score (nSPS) is 25.1. The van der Waals surface area contributed by atoms with Gasteiger partial charge < -0.3 is 11.1 Å². The number of nitrogens with two attached hydrogens (primary N) is 1. The summed E-state index contributed by atoms with van der Waals surface area (Å²) in [5.74, 6) is 0. The van der Waals surface area contributed by atoms with Crippen LogP contribution in [-0.2, 0) is 0 Å². The molecule has 3 N–H and O–H groups in total. The van der Waals surface area contributed by atoms with Gasteiger partial charge in [-0.3, -0.25) is 4.90 Å². The molecule has 0 bridgehead atoms. The molecule has 1 atom stereocenters. The lowest BCUT2D eigenvalue weighted by atomic mass is 10.1. The Morgan fingerprint density at radius 3 is 2.82 bits per heavy atom. The van der Waals surface area contributed by atoms with Crippen LogP contribution in [0.3, 0.4) is 0 Å². The van der Waals surface area contributed by atoms with E-state index in [1.807, 2.05) is 7.05 Å². The van der Waals surface area contributed by atoms with Gasteiger partial charge in [0.2, 0.25) is 0 Å². The van der Waals surface area contributed by atoms with Crippen molar-refractivity contribution in [1.82, 2.24) is 10.2 Å². The van der Waals surface area contributed by atoms with Gasteiger partial charge in [0.1, 0.15) is 0 Å². The Kier molecular flexibility index (Phi) is 3.83. The van der Waals surface area contributed by atoms with Crippen molar-refractivity contribution < 1.29 is 0 Å². The Balaban J connectivity index is 1.98. The van der Waals surface area contributed by atoms with Gasteiger partial charge in [0.05, 0.1) is 6.17 Å². The molecule has 3 heteroatoms. The second kappa shape index (κ2) is 4.70. The van der Waals surface area contributed by atoms with E-state index < -0.39 is 0 Å². The van der Waals surface area contributed by atoms with Crippen LogP contribution in [0.2, 0.25) is 0 Å². The molecular formula is C8H19N3. The maximum Gasteiger partial charge on any atom is 0.0606 e. The molecule has 0 aromatic heterocycles. The van der Waals surface area contributed by atoms with Gasteiger partial charge in [0, 0.05) is 6.54 Å². The summed E-state index contributed by atoms with van der Waals surface area (Å²) in [6.45, 7) is 3.30. The minimum absolute atomic E-state index is 0.646. The first-order chi connectivity index (χ1) is 5.38. The third-order valence-electron chi connectivity index (χ3n) is 2.36. The minimum atomic E-state index is 0.646. The zero-order valence-electron chi connectivity index (χ0n) is 7.34. The van der Waals surface area contributed by atoms with Crippen LogP contribution < -0.4 is 11.1 Å². The maximum atomic E-state index is 5.41. The molecule has 1 aliphatic rings. The summed E-state index contributed by atoms with van der Waals surface area (Å²) < 4.78 is 0. The summed E-state index contributed by atoms with van der Waals surface area (Å²) in [4.78, 5) is 2.47. The van der Waals surface area contributed by atoms with E-state index in [4.69, 9.17) is 5.73 Å². The minimum Gasteiger partial charge on any atom is -0.330 e. The maximum absolute atomic E-state index is 5.41. The van der Waals surface area contributed by atoms with Crippen LogP contribution in [0.15, 0.2) is 0 Å². The molecule has 0 aliphatic carbocycles. The van der Waals surface area contributed by atoms with Gasteiger partial charge in [-0.2, -0.15) is 0 Å². The van der Waals surface area contributed by atoms with E-state index in [0.29, 0.717) is 6.17 Å². The molecule has 0 amide bonds. The predicted molar refractivity (Wildman–Crippen MR) is 47.3 cm³/mol. The van der Waals surface area contributed by atoms with Crippen molar-refractivity contribution >= 4 is 0 Å². The molecule has 1 unspecified atom stereocenters. The summed E-state index contributed by atoms with van der Waals surface area (Å²) >= 11 is 0. The smallest absolute Gasteiger partial charge is 0.0606 e. The fourth-order valence-electron chi connectivity index (χ4n) is 1.49. The molecule has 66 valence electrons. The lowest BCUT2D eigenvalue weighted by Gasteiger charge is -2.40. The standard InChI is InChI=1S/C8H19N3/c1-10-8-4-7-11(8)6-3-2-5-9/h8,10H,2-7,9H2,1H3. The van der Waals surface area contributed by atoms with Crippen molar-refractivity contribution in [2.75, 3.05) is 26.7 Å². The molecule has 1 saturated heterocycles. The number of likely N-dealkylation sites (tertiary alicyclic amines) is 1. The molecule has 1 heterocycles. The van der Waals surface area contributed by atoms with E-state index in [-0.39, 0.29) is 0 Å². The van der Waals surface area contributed by atoms with Gasteiger partial charge in [0.15, 0.2) is 0 Å². The highest BCUT2D eigenvalue weighted by Gasteiger charge is 2.24. The number of nitrogens with one attached hydrogen (secondary N) is 1. The van der Waals surface area contributed by atoms with Crippen LogP contribution in [0.5, 0.6) is 0 Å². The van der Waals surface area contributed by atoms with Crippen LogP contribution >= 0.6 is 0 Å². The Hall–Kier alpha value is -0.120. The van der Waals surface area contributed by atoms with Gasteiger partial charge in [-0.05, 0) is 39.4 Å². The zero-order valence-corrected chi connectivity index (χ0v) is 7.34. The van der Waals surface area contributed by atoms with Crippen LogP contribution in [0.4, 0.5) is 0 Å². The molecule has 0 aromatic carbocycles. The summed E-state index contributed by atoms with van der Waals surface area (Å²) in [6, 6.07) is 0. The lowest BCUT2D eigenvalue weighted by Crippen LogP contribution is -2.54. The van der Waals surface area contributed by atoms with Crippen LogP contribution in [0.1, 0.15) is 19.3 Å². The molecular weight excluding hydrogens is 138 g/mol. The Morgan fingerprint density at radius 2 is 2.36 bits per heavy atom. The van der Waals surface area contributed by atoms with Gasteiger partial charge in [-0.25, -0.2) is 0 Å². The molecule has 3 nitrogen and oxygen atoms in total. The third-order valence-corrected chi connectivity index (χ3v) is 2.36. The Morgan fingerprint density at radius 1 is 1.55 bits per heavy atom. The summed E-state index contributed by atoms with van der Waals surface area (Å²) in [5.41, 5.74) is 5.41. The average molecular weight is 157 g/mol. The van der Waals surface area contributed by atoms with Gasteiger partial charge in [0.25, 0.3) is 0 Å². The number of hydrogen-bond donors (Lipinski definition) is 2. The first-order valence-corrected chi connectivity index (χ1v) is 4.50. The van der Waals surface area contributed by atoms with E-state index in [2.05, 4.69) is 10.2 Å². The van der Waals surface area contributed by atoms with Crippen LogP contribution in [-0.4, -0.2) is 37.7 Å². The monoisotopic (exact) mass is 157 g/mol. The number of hydrogen-bond acceptors (Lipinski definition) is 3. The SMILES string of the molecule is CNC1CCN1CCCCN. The van der Waals surface area contributed by atoms with Crippen LogP contribution in [0, 0.1) is 0 Å². The van der Waals surface area contributed by atoms with E-state index in [1.54, 1.807) is 0 Å². The first kappa shape index (κ1) is 8.97. The third kappa shape index (κ3) is 2.43. The molecule has 1 rings (SSSR count). The molecule has 0 saturated carbocycles. The fourth-order valence-corrected chi connectivity index (χ4v) is 1.49. The van der Waals surface area contributed by atoms with Crippen molar-refractivity contribution in [2.24, 2.45) is 5.73 Å². The molecule has 1 fully saturated rings. The van der Waals surface area contributed by atoms with Crippen molar-refractivity contribution in [3.05, 3.63) is 0 Å². The van der Waals surface area contributed by atoms with Gasteiger partial charge in [-0.1, -0.05) is 0 Å². The average Bonchev–Trinajstić information content (AvgIpc) is 1.97. The molecule has 11 heavy (non-hydrogen) atoms. The van der Waals surface area contributed by atoms with E-state index in [1.165, 1.54) is 25.9 Å². The molecule has 0 spiro atoms. The van der Waals surface area contributed by atoms with Crippen molar-refractivity contribution in [3.8, 4) is 0 Å².